The molecule has 0 bridgehead atoms. The molecule has 0 radical (unpaired) electrons. The van der Waals surface area contributed by atoms with Gasteiger partial charge in [0.05, 0.1) is 0 Å². The van der Waals surface area contributed by atoms with Crippen molar-refractivity contribution in [2.45, 2.75) is 19.9 Å². The third-order valence-corrected chi connectivity index (χ3v) is 3.83. The number of nitrogens with one attached hydrogen (secondary N) is 2. The minimum Gasteiger partial charge on any atom is -0.322 e. The summed E-state index contributed by atoms with van der Waals surface area (Å²) < 4.78 is 13.3. The Morgan fingerprint density at radius 2 is 2.14 bits per heavy atom. The molecule has 1 amide bonds. The largest absolute Gasteiger partial charge is 0.322 e. The molecule has 0 atom stereocenters. The van der Waals surface area contributed by atoms with Gasteiger partial charge in [-0.1, -0.05) is 18.2 Å². The van der Waals surface area contributed by atoms with E-state index in [-0.39, 0.29) is 5.91 Å². The molecule has 1 aliphatic heterocycles. The number of halogens is 1. The Balaban J connectivity index is 1.90. The molecule has 2 N–H and O–H groups in total. The molecule has 0 aromatic heterocycles. The van der Waals surface area contributed by atoms with Gasteiger partial charge in [0.1, 0.15) is 5.82 Å². The number of hydrogen-bond acceptors (Lipinski definition) is 2. The third kappa shape index (κ3) is 2.81. The van der Waals surface area contributed by atoms with Crippen LogP contribution in [0, 0.1) is 12.7 Å². The molecule has 1 aliphatic rings. The van der Waals surface area contributed by atoms with Crippen LogP contribution in [-0.2, 0) is 13.0 Å². The van der Waals surface area contributed by atoms with Gasteiger partial charge < -0.3 is 10.6 Å². The Hall–Kier alpha value is -2.20. The van der Waals surface area contributed by atoms with Crippen molar-refractivity contribution < 1.29 is 9.18 Å². The van der Waals surface area contributed by atoms with Gasteiger partial charge in [0, 0.05) is 17.8 Å². The van der Waals surface area contributed by atoms with Gasteiger partial charge in [0.25, 0.3) is 5.91 Å². The normalized spacial score (nSPS) is 13.6. The maximum Gasteiger partial charge on any atom is 0.256 e. The number of fused-ring (bicyclic) bond motifs is 1. The summed E-state index contributed by atoms with van der Waals surface area (Å²) in [6, 6.07) is 10.2. The topological polar surface area (TPSA) is 41.1 Å². The molecule has 2 aromatic carbocycles. The summed E-state index contributed by atoms with van der Waals surface area (Å²) in [5.41, 5.74) is 4.33. The minimum absolute atomic E-state index is 0.265. The Bertz CT molecular complexity index is 697. The number of carbonyl (C=O) groups is 1. The van der Waals surface area contributed by atoms with Crippen LogP contribution in [-0.4, -0.2) is 12.5 Å². The number of aryl methyl sites for hydroxylation is 1. The fourth-order valence-corrected chi connectivity index (χ4v) is 2.68. The quantitative estimate of drug-likeness (QED) is 0.890. The maximum absolute atomic E-state index is 13.3. The summed E-state index contributed by atoms with van der Waals surface area (Å²) >= 11 is 0. The van der Waals surface area contributed by atoms with E-state index in [0.29, 0.717) is 5.56 Å². The van der Waals surface area contributed by atoms with Gasteiger partial charge >= 0.3 is 0 Å². The van der Waals surface area contributed by atoms with Crippen LogP contribution in [0.5, 0.6) is 0 Å². The lowest BCUT2D eigenvalue weighted by atomic mass is 9.98. The van der Waals surface area contributed by atoms with E-state index in [1.54, 1.807) is 13.0 Å². The van der Waals surface area contributed by atoms with Crippen LogP contribution in [0.3, 0.4) is 0 Å². The number of rotatable bonds is 2. The molecule has 2 aromatic rings. The highest BCUT2D eigenvalue weighted by Gasteiger charge is 2.16. The third-order valence-electron chi connectivity index (χ3n) is 3.83. The number of benzene rings is 2. The highest BCUT2D eigenvalue weighted by atomic mass is 19.1. The van der Waals surface area contributed by atoms with E-state index in [0.717, 1.165) is 30.8 Å². The molecule has 0 aliphatic carbocycles. The number of amides is 1. The standard InChI is InChI=1S/C17H17FN2O/c1-11-5-6-13(18)9-15(11)17(21)20-16-4-2-3-12-10-19-8-7-14(12)16/h2-6,9,19H,7-8,10H2,1H3,(H,20,21). The zero-order valence-electron chi connectivity index (χ0n) is 11.9. The molecule has 0 saturated carbocycles. The molecule has 0 fully saturated rings. The van der Waals surface area contributed by atoms with Crippen LogP contribution in [0.15, 0.2) is 36.4 Å². The monoisotopic (exact) mass is 284 g/mol. The molecule has 3 nitrogen and oxygen atoms in total. The van der Waals surface area contributed by atoms with Crippen LogP contribution >= 0.6 is 0 Å². The van der Waals surface area contributed by atoms with Crippen LogP contribution in [0.2, 0.25) is 0 Å². The van der Waals surface area contributed by atoms with Crippen molar-refractivity contribution in [1.82, 2.24) is 5.32 Å². The number of carbonyl (C=O) groups excluding carboxylic acids is 1. The lowest BCUT2D eigenvalue weighted by Crippen LogP contribution is -2.25. The second-order valence-corrected chi connectivity index (χ2v) is 5.28. The van der Waals surface area contributed by atoms with Gasteiger partial charge in [0.2, 0.25) is 0 Å². The van der Waals surface area contributed by atoms with Crippen LogP contribution in [0.1, 0.15) is 27.0 Å². The summed E-state index contributed by atoms with van der Waals surface area (Å²) in [5, 5.41) is 6.23. The highest BCUT2D eigenvalue weighted by Crippen LogP contribution is 2.24. The van der Waals surface area contributed by atoms with E-state index >= 15 is 0 Å². The summed E-state index contributed by atoms with van der Waals surface area (Å²) in [6.07, 6.45) is 0.883. The van der Waals surface area contributed by atoms with Crippen molar-refractivity contribution in [2.75, 3.05) is 11.9 Å². The summed E-state index contributed by atoms with van der Waals surface area (Å²) in [5.74, 6) is -0.663. The number of anilines is 1. The van der Waals surface area contributed by atoms with E-state index in [9.17, 15) is 9.18 Å². The molecule has 0 unspecified atom stereocenters. The Morgan fingerprint density at radius 1 is 1.29 bits per heavy atom. The summed E-state index contributed by atoms with van der Waals surface area (Å²) in [6.45, 7) is 3.52. The molecular formula is C17H17FN2O. The van der Waals surface area contributed by atoms with Gasteiger partial charge in [-0.25, -0.2) is 4.39 Å². The molecule has 1 heterocycles. The second kappa shape index (κ2) is 5.66. The van der Waals surface area contributed by atoms with Gasteiger partial charge in [0.15, 0.2) is 0 Å². The first-order valence-corrected chi connectivity index (χ1v) is 7.04. The van der Waals surface area contributed by atoms with Crippen molar-refractivity contribution in [3.8, 4) is 0 Å². The summed E-state index contributed by atoms with van der Waals surface area (Å²) in [7, 11) is 0. The van der Waals surface area contributed by atoms with E-state index in [1.807, 2.05) is 12.1 Å². The zero-order chi connectivity index (χ0) is 14.8. The highest BCUT2D eigenvalue weighted by molar-refractivity contribution is 6.05. The Kier molecular flexibility index (Phi) is 3.71. The molecule has 4 heteroatoms. The maximum atomic E-state index is 13.3. The molecule has 3 rings (SSSR count). The lowest BCUT2D eigenvalue weighted by molar-refractivity contribution is 0.102. The van der Waals surface area contributed by atoms with Crippen molar-refractivity contribution in [3.63, 3.8) is 0 Å². The van der Waals surface area contributed by atoms with E-state index in [2.05, 4.69) is 16.7 Å². The molecule has 108 valence electrons. The van der Waals surface area contributed by atoms with Crippen LogP contribution < -0.4 is 10.6 Å². The van der Waals surface area contributed by atoms with Crippen LogP contribution in [0.25, 0.3) is 0 Å². The van der Waals surface area contributed by atoms with Crippen LogP contribution in [0.4, 0.5) is 10.1 Å². The van der Waals surface area contributed by atoms with E-state index in [4.69, 9.17) is 0 Å². The first kappa shape index (κ1) is 13.8. The predicted molar refractivity (Wildman–Crippen MR) is 80.9 cm³/mol. The minimum atomic E-state index is -0.398. The van der Waals surface area contributed by atoms with Crippen molar-refractivity contribution in [1.29, 1.82) is 0 Å². The average Bonchev–Trinajstić information content (AvgIpc) is 2.50. The van der Waals surface area contributed by atoms with E-state index in [1.165, 1.54) is 23.3 Å². The van der Waals surface area contributed by atoms with Gasteiger partial charge in [-0.2, -0.15) is 0 Å². The average molecular weight is 284 g/mol. The first-order valence-electron chi connectivity index (χ1n) is 7.04. The van der Waals surface area contributed by atoms with Crippen molar-refractivity contribution in [2.24, 2.45) is 0 Å². The Labute approximate surface area is 123 Å². The Morgan fingerprint density at radius 3 is 3.00 bits per heavy atom. The SMILES string of the molecule is Cc1ccc(F)cc1C(=O)Nc1cccc2c1CCNC2. The van der Waals surface area contributed by atoms with E-state index < -0.39 is 5.82 Å². The van der Waals surface area contributed by atoms with Gasteiger partial charge in [-0.15, -0.1) is 0 Å². The fraction of sp³-hybridized carbons (Fsp3) is 0.235. The predicted octanol–water partition coefficient (Wildman–Crippen LogP) is 3.03. The molecule has 0 spiro atoms. The lowest BCUT2D eigenvalue weighted by Gasteiger charge is -2.20. The van der Waals surface area contributed by atoms with Crippen molar-refractivity contribution >= 4 is 11.6 Å². The fourth-order valence-electron chi connectivity index (χ4n) is 2.68. The molecular weight excluding hydrogens is 267 g/mol. The van der Waals surface area contributed by atoms with Crippen molar-refractivity contribution in [3.05, 3.63) is 64.5 Å². The molecule has 0 saturated heterocycles. The summed E-state index contributed by atoms with van der Waals surface area (Å²) in [4.78, 5) is 12.4. The zero-order valence-corrected chi connectivity index (χ0v) is 11.9. The number of hydrogen-bond donors (Lipinski definition) is 2. The van der Waals surface area contributed by atoms with Gasteiger partial charge in [-0.3, -0.25) is 4.79 Å². The van der Waals surface area contributed by atoms with Gasteiger partial charge in [-0.05, 0) is 54.8 Å². The first-order chi connectivity index (χ1) is 10.1. The second-order valence-electron chi connectivity index (χ2n) is 5.28. The smallest absolute Gasteiger partial charge is 0.256 e. The molecule has 21 heavy (non-hydrogen) atoms.